The standard InChI is InChI=1S/C19H19N.C11H10N2/c1-15-6-8-16(9-7-15)13-20-14-17-10-11-18-4-2-3-5-19(18)12-17;12-11(13)10-6-5-8-3-1-2-4-9(8)7-10/h2-12,20H,13-14H2,1H3;1-7H,(H3,12,13). The van der Waals surface area contributed by atoms with E-state index in [2.05, 4.69) is 79.0 Å². The van der Waals surface area contributed by atoms with Crippen LogP contribution in [0.1, 0.15) is 22.3 Å². The van der Waals surface area contributed by atoms with Crippen molar-refractivity contribution in [1.29, 1.82) is 5.41 Å². The molecule has 0 fully saturated rings. The van der Waals surface area contributed by atoms with E-state index in [4.69, 9.17) is 11.1 Å². The van der Waals surface area contributed by atoms with Crippen LogP contribution in [0, 0.1) is 12.3 Å². The van der Waals surface area contributed by atoms with E-state index in [0.717, 1.165) is 24.0 Å². The molecule has 5 rings (SSSR count). The van der Waals surface area contributed by atoms with E-state index < -0.39 is 0 Å². The quantitative estimate of drug-likeness (QED) is 0.218. The lowest BCUT2D eigenvalue weighted by atomic mass is 10.1. The number of nitrogens with one attached hydrogen (secondary N) is 2. The largest absolute Gasteiger partial charge is 0.384 e. The average molecular weight is 432 g/mol. The second-order valence-electron chi connectivity index (χ2n) is 8.25. The van der Waals surface area contributed by atoms with Gasteiger partial charge >= 0.3 is 0 Å². The van der Waals surface area contributed by atoms with Gasteiger partial charge in [-0.05, 0) is 51.7 Å². The van der Waals surface area contributed by atoms with E-state index in [1.807, 2.05) is 42.5 Å². The third-order valence-corrected chi connectivity index (χ3v) is 5.65. The predicted molar refractivity (Wildman–Crippen MR) is 141 cm³/mol. The maximum Gasteiger partial charge on any atom is 0.122 e. The minimum Gasteiger partial charge on any atom is -0.384 e. The molecule has 33 heavy (non-hydrogen) atoms. The summed E-state index contributed by atoms with van der Waals surface area (Å²) in [4.78, 5) is 0. The van der Waals surface area contributed by atoms with Gasteiger partial charge in [-0.2, -0.15) is 0 Å². The summed E-state index contributed by atoms with van der Waals surface area (Å²) in [6, 6.07) is 37.6. The Balaban J connectivity index is 0.000000172. The van der Waals surface area contributed by atoms with Gasteiger partial charge in [0.2, 0.25) is 0 Å². The van der Waals surface area contributed by atoms with Gasteiger partial charge in [0, 0.05) is 18.7 Å². The number of nitrogens with two attached hydrogens (primary N) is 1. The number of amidine groups is 1. The molecule has 5 aromatic carbocycles. The van der Waals surface area contributed by atoms with Crippen molar-refractivity contribution in [2.24, 2.45) is 5.73 Å². The molecule has 0 saturated heterocycles. The Labute approximate surface area is 195 Å². The second-order valence-corrected chi connectivity index (χ2v) is 8.25. The van der Waals surface area contributed by atoms with Crippen molar-refractivity contribution >= 4 is 27.4 Å². The molecule has 0 amide bonds. The minimum absolute atomic E-state index is 0.116. The van der Waals surface area contributed by atoms with Crippen LogP contribution in [-0.2, 0) is 13.1 Å². The molecule has 0 aliphatic rings. The minimum atomic E-state index is 0.116. The monoisotopic (exact) mass is 431 g/mol. The van der Waals surface area contributed by atoms with Crippen molar-refractivity contribution in [3.63, 3.8) is 0 Å². The number of rotatable bonds is 5. The maximum atomic E-state index is 7.29. The van der Waals surface area contributed by atoms with Crippen LogP contribution in [0.25, 0.3) is 21.5 Å². The molecule has 0 saturated carbocycles. The van der Waals surface area contributed by atoms with Gasteiger partial charge in [0.1, 0.15) is 5.84 Å². The summed E-state index contributed by atoms with van der Waals surface area (Å²) in [6.07, 6.45) is 0. The molecule has 0 atom stereocenters. The van der Waals surface area contributed by atoms with Crippen molar-refractivity contribution < 1.29 is 0 Å². The van der Waals surface area contributed by atoms with Crippen LogP contribution >= 0.6 is 0 Å². The van der Waals surface area contributed by atoms with Crippen LogP contribution in [0.4, 0.5) is 0 Å². The van der Waals surface area contributed by atoms with Crippen molar-refractivity contribution in [2.75, 3.05) is 0 Å². The molecule has 0 bridgehead atoms. The highest BCUT2D eigenvalue weighted by Gasteiger charge is 1.98. The molecule has 164 valence electrons. The Hall–Kier alpha value is -3.95. The Morgan fingerprint density at radius 1 is 0.636 bits per heavy atom. The summed E-state index contributed by atoms with van der Waals surface area (Å²) >= 11 is 0. The lowest BCUT2D eigenvalue weighted by Crippen LogP contribution is -2.12. The molecule has 4 N–H and O–H groups in total. The van der Waals surface area contributed by atoms with Gasteiger partial charge in [0.15, 0.2) is 0 Å². The van der Waals surface area contributed by atoms with Crippen LogP contribution in [0.15, 0.2) is 109 Å². The van der Waals surface area contributed by atoms with Crippen LogP contribution in [0.5, 0.6) is 0 Å². The molecule has 3 nitrogen and oxygen atoms in total. The van der Waals surface area contributed by atoms with Crippen molar-refractivity contribution in [3.8, 4) is 0 Å². The molecular weight excluding hydrogens is 402 g/mol. The van der Waals surface area contributed by atoms with E-state index in [1.165, 1.54) is 32.8 Å². The summed E-state index contributed by atoms with van der Waals surface area (Å²) in [5, 5.41) is 15.7. The molecule has 0 aromatic heterocycles. The number of hydrogen-bond donors (Lipinski definition) is 3. The van der Waals surface area contributed by atoms with Gasteiger partial charge in [-0.25, -0.2) is 0 Å². The van der Waals surface area contributed by atoms with E-state index in [1.54, 1.807) is 0 Å². The fourth-order valence-corrected chi connectivity index (χ4v) is 3.76. The first-order valence-corrected chi connectivity index (χ1v) is 11.2. The zero-order valence-electron chi connectivity index (χ0n) is 18.9. The van der Waals surface area contributed by atoms with Crippen LogP contribution in [-0.4, -0.2) is 5.84 Å². The third kappa shape index (κ3) is 6.06. The van der Waals surface area contributed by atoms with E-state index in [9.17, 15) is 0 Å². The lowest BCUT2D eigenvalue weighted by molar-refractivity contribution is 0.694. The number of hydrogen-bond acceptors (Lipinski definition) is 2. The zero-order chi connectivity index (χ0) is 23.0. The molecule has 0 aliphatic heterocycles. The average Bonchev–Trinajstić information content (AvgIpc) is 2.85. The highest BCUT2D eigenvalue weighted by molar-refractivity contribution is 5.99. The summed E-state index contributed by atoms with van der Waals surface area (Å²) < 4.78 is 0. The smallest absolute Gasteiger partial charge is 0.122 e. The molecular formula is C30H29N3. The van der Waals surface area contributed by atoms with Crippen LogP contribution in [0.3, 0.4) is 0 Å². The van der Waals surface area contributed by atoms with Gasteiger partial charge in [-0.15, -0.1) is 0 Å². The summed E-state index contributed by atoms with van der Waals surface area (Å²) in [7, 11) is 0. The molecule has 0 radical (unpaired) electrons. The van der Waals surface area contributed by atoms with E-state index in [-0.39, 0.29) is 5.84 Å². The van der Waals surface area contributed by atoms with Gasteiger partial charge in [-0.1, -0.05) is 103 Å². The van der Waals surface area contributed by atoms with Gasteiger partial charge in [0.25, 0.3) is 0 Å². The highest BCUT2D eigenvalue weighted by atomic mass is 14.8. The molecule has 0 spiro atoms. The van der Waals surface area contributed by atoms with Crippen LogP contribution < -0.4 is 11.1 Å². The SMILES string of the molecule is Cc1ccc(CNCc2ccc3ccccc3c2)cc1.N=C(N)c1ccc2ccccc2c1. The third-order valence-electron chi connectivity index (χ3n) is 5.65. The molecule has 3 heteroatoms. The Morgan fingerprint density at radius 3 is 1.79 bits per heavy atom. The second kappa shape index (κ2) is 10.6. The predicted octanol–water partition coefficient (Wildman–Crippen LogP) is 6.56. The Morgan fingerprint density at radius 2 is 1.15 bits per heavy atom. The van der Waals surface area contributed by atoms with Gasteiger partial charge < -0.3 is 11.1 Å². The molecule has 0 unspecified atom stereocenters. The summed E-state index contributed by atoms with van der Waals surface area (Å²) in [6.45, 7) is 3.93. The highest BCUT2D eigenvalue weighted by Crippen LogP contribution is 2.16. The van der Waals surface area contributed by atoms with Gasteiger partial charge in [0.05, 0.1) is 0 Å². The van der Waals surface area contributed by atoms with Crippen LogP contribution in [0.2, 0.25) is 0 Å². The summed E-state index contributed by atoms with van der Waals surface area (Å²) in [5.74, 6) is 0.116. The van der Waals surface area contributed by atoms with Crippen molar-refractivity contribution in [3.05, 3.63) is 131 Å². The topological polar surface area (TPSA) is 61.9 Å². The first-order valence-electron chi connectivity index (χ1n) is 11.2. The maximum absolute atomic E-state index is 7.29. The normalized spacial score (nSPS) is 10.6. The summed E-state index contributed by atoms with van der Waals surface area (Å²) in [5.41, 5.74) is 10.1. The molecule has 0 heterocycles. The van der Waals surface area contributed by atoms with E-state index >= 15 is 0 Å². The van der Waals surface area contributed by atoms with Crippen molar-refractivity contribution in [2.45, 2.75) is 20.0 Å². The van der Waals surface area contributed by atoms with E-state index in [0.29, 0.717) is 0 Å². The van der Waals surface area contributed by atoms with Crippen molar-refractivity contribution in [1.82, 2.24) is 5.32 Å². The first-order chi connectivity index (χ1) is 16.1. The molecule has 5 aromatic rings. The lowest BCUT2D eigenvalue weighted by Gasteiger charge is -2.07. The Kier molecular flexibility index (Phi) is 7.13. The molecule has 0 aliphatic carbocycles. The first kappa shape index (κ1) is 22.3. The zero-order valence-corrected chi connectivity index (χ0v) is 18.9. The Bertz CT molecular complexity index is 1370. The number of benzene rings is 5. The number of aryl methyl sites for hydroxylation is 1. The number of fused-ring (bicyclic) bond motifs is 2. The fraction of sp³-hybridized carbons (Fsp3) is 0.100. The fourth-order valence-electron chi connectivity index (χ4n) is 3.76. The van der Waals surface area contributed by atoms with Gasteiger partial charge in [-0.3, -0.25) is 5.41 Å². The number of nitrogen functional groups attached to an aromatic ring is 1.